The highest BCUT2D eigenvalue weighted by atomic mass is 35.5. The first-order valence-electron chi connectivity index (χ1n) is 12.2. The van der Waals surface area contributed by atoms with E-state index in [0.717, 1.165) is 18.5 Å². The van der Waals surface area contributed by atoms with E-state index < -0.39 is 39.0 Å². The van der Waals surface area contributed by atoms with Gasteiger partial charge in [0.15, 0.2) is 27.2 Å². The van der Waals surface area contributed by atoms with E-state index in [0.29, 0.717) is 16.1 Å². The summed E-state index contributed by atoms with van der Waals surface area (Å²) in [5, 5.41) is 9.90. The lowest BCUT2D eigenvalue weighted by Gasteiger charge is -2.15. The van der Waals surface area contributed by atoms with Crippen LogP contribution in [0.25, 0.3) is 39.4 Å². The maximum atomic E-state index is 15.0. The highest BCUT2D eigenvalue weighted by Gasteiger charge is 2.35. The molecule has 0 spiro atoms. The Morgan fingerprint density at radius 1 is 1.02 bits per heavy atom. The smallest absolute Gasteiger partial charge is 0.434 e. The fraction of sp³-hybridized carbons (Fsp3) is 0.179. The van der Waals surface area contributed by atoms with Crippen LogP contribution in [0.2, 0.25) is 5.02 Å². The number of rotatable bonds is 6. The van der Waals surface area contributed by atoms with Gasteiger partial charge in [-0.05, 0) is 48.4 Å². The third-order valence-corrected chi connectivity index (χ3v) is 7.80. The summed E-state index contributed by atoms with van der Waals surface area (Å²) in [6.07, 6.45) is -0.0736. The number of aromatic nitrogens is 4. The molecule has 8 nitrogen and oxygen atoms in total. The third kappa shape index (κ3) is 5.54. The molecule has 0 unspecified atom stereocenters. The maximum absolute atomic E-state index is 15.0. The first-order valence-corrected chi connectivity index (χ1v) is 14.4. The number of hydrogen-bond donors (Lipinski definition) is 1. The summed E-state index contributed by atoms with van der Waals surface area (Å²) in [4.78, 5) is 11.8. The zero-order chi connectivity index (χ0) is 30.6. The average Bonchev–Trinajstić information content (AvgIpc) is 3.50. The minimum absolute atomic E-state index is 0.0280. The molecule has 0 amide bonds. The van der Waals surface area contributed by atoms with Crippen LogP contribution in [0.1, 0.15) is 23.0 Å². The maximum Gasteiger partial charge on any atom is 0.434 e. The number of alkyl halides is 3. The van der Waals surface area contributed by atoms with E-state index in [-0.39, 0.29) is 45.5 Å². The van der Waals surface area contributed by atoms with E-state index in [9.17, 15) is 31.1 Å². The van der Waals surface area contributed by atoms with Crippen LogP contribution in [-0.4, -0.2) is 39.3 Å². The molecule has 0 aliphatic heterocycles. The monoisotopic (exact) mass is 620 g/mol. The summed E-state index contributed by atoms with van der Waals surface area (Å²) in [6, 6.07) is 8.38. The standard InChI is InChI=1S/C28H21ClF4N4O4S/c1-14-35-25(28(31,32)33)12-37(14)23-5-4-16(17-8-22(30)21(13-38)24(9-17)42(3,39)40)7-20(23)26-27(41-15(2)36-26)18-6-19(29)11-34-10-18/h4-12,38H,13H2,1-3H3. The lowest BCUT2D eigenvalue weighted by atomic mass is 9.97. The van der Waals surface area contributed by atoms with Gasteiger partial charge in [-0.15, -0.1) is 0 Å². The summed E-state index contributed by atoms with van der Waals surface area (Å²) in [6.45, 7) is 2.15. The molecule has 0 saturated heterocycles. The van der Waals surface area contributed by atoms with E-state index >= 15 is 0 Å². The Morgan fingerprint density at radius 2 is 1.76 bits per heavy atom. The Bertz CT molecular complexity index is 1950. The second-order valence-electron chi connectivity index (χ2n) is 9.44. The predicted octanol–water partition coefficient (Wildman–Crippen LogP) is 6.58. The van der Waals surface area contributed by atoms with Crippen LogP contribution in [0.5, 0.6) is 0 Å². The van der Waals surface area contributed by atoms with Gasteiger partial charge in [0, 0.05) is 48.5 Å². The molecule has 218 valence electrons. The third-order valence-electron chi connectivity index (χ3n) is 6.43. The minimum atomic E-state index is -4.70. The molecule has 0 aliphatic carbocycles. The van der Waals surface area contributed by atoms with Crippen molar-refractivity contribution in [2.75, 3.05) is 6.26 Å². The van der Waals surface area contributed by atoms with Crippen molar-refractivity contribution in [1.29, 1.82) is 0 Å². The highest BCUT2D eigenvalue weighted by Crippen LogP contribution is 2.40. The largest absolute Gasteiger partial charge is 0.440 e. The van der Waals surface area contributed by atoms with Gasteiger partial charge in [-0.3, -0.25) is 4.98 Å². The Labute approximate surface area is 242 Å². The zero-order valence-electron chi connectivity index (χ0n) is 22.2. The lowest BCUT2D eigenvalue weighted by Crippen LogP contribution is -2.06. The summed E-state index contributed by atoms with van der Waals surface area (Å²) in [5.74, 6) is -0.467. The summed E-state index contributed by atoms with van der Waals surface area (Å²) in [5.41, 5.74) is 0.117. The Balaban J connectivity index is 1.81. The molecule has 14 heteroatoms. The van der Waals surface area contributed by atoms with Crippen LogP contribution in [0.15, 0.2) is 64.3 Å². The molecule has 0 saturated carbocycles. The second kappa shape index (κ2) is 10.6. The van der Waals surface area contributed by atoms with E-state index in [4.69, 9.17) is 16.0 Å². The van der Waals surface area contributed by atoms with Crippen molar-refractivity contribution < 1.29 is 35.5 Å². The average molecular weight is 621 g/mol. The van der Waals surface area contributed by atoms with Crippen molar-refractivity contribution in [3.8, 4) is 39.4 Å². The van der Waals surface area contributed by atoms with Gasteiger partial charge < -0.3 is 14.1 Å². The Kier molecular flexibility index (Phi) is 7.46. The first kappa shape index (κ1) is 29.4. The van der Waals surface area contributed by atoms with Gasteiger partial charge in [-0.1, -0.05) is 17.7 Å². The van der Waals surface area contributed by atoms with Crippen LogP contribution in [0, 0.1) is 19.7 Å². The van der Waals surface area contributed by atoms with Crippen LogP contribution >= 0.6 is 11.6 Å². The van der Waals surface area contributed by atoms with Crippen molar-refractivity contribution in [3.05, 3.63) is 88.8 Å². The van der Waals surface area contributed by atoms with E-state index in [2.05, 4.69) is 15.0 Å². The van der Waals surface area contributed by atoms with Crippen molar-refractivity contribution in [2.45, 2.75) is 31.5 Å². The molecule has 0 atom stereocenters. The van der Waals surface area contributed by atoms with Gasteiger partial charge in [0.05, 0.1) is 22.2 Å². The summed E-state index contributed by atoms with van der Waals surface area (Å²) >= 11 is 6.14. The van der Waals surface area contributed by atoms with Crippen LogP contribution in [-0.2, 0) is 22.6 Å². The number of imidazole rings is 1. The Hall–Kier alpha value is -4.07. The molecule has 42 heavy (non-hydrogen) atoms. The first-order chi connectivity index (χ1) is 19.7. The fourth-order valence-corrected chi connectivity index (χ4v) is 5.70. The van der Waals surface area contributed by atoms with Gasteiger partial charge in [0.25, 0.3) is 0 Å². The quantitative estimate of drug-likeness (QED) is 0.213. The number of oxazole rings is 1. The topological polar surface area (TPSA) is 111 Å². The van der Waals surface area contributed by atoms with Crippen LogP contribution in [0.3, 0.4) is 0 Å². The van der Waals surface area contributed by atoms with Crippen molar-refractivity contribution in [3.63, 3.8) is 0 Å². The summed E-state index contributed by atoms with van der Waals surface area (Å²) < 4.78 is 87.5. The molecule has 0 fully saturated rings. The molecule has 3 heterocycles. The number of sulfone groups is 1. The Morgan fingerprint density at radius 3 is 2.38 bits per heavy atom. The number of benzene rings is 2. The summed E-state index contributed by atoms with van der Waals surface area (Å²) in [7, 11) is -3.94. The second-order valence-corrected chi connectivity index (χ2v) is 11.9. The van der Waals surface area contributed by atoms with Gasteiger partial charge in [0.1, 0.15) is 17.3 Å². The van der Waals surface area contributed by atoms with Gasteiger partial charge in [-0.25, -0.2) is 22.8 Å². The van der Waals surface area contributed by atoms with Crippen molar-refractivity contribution in [1.82, 2.24) is 19.5 Å². The molecule has 3 aromatic heterocycles. The molecule has 0 bridgehead atoms. The normalized spacial score (nSPS) is 12.2. The molecule has 2 aromatic carbocycles. The van der Waals surface area contributed by atoms with E-state index in [1.54, 1.807) is 13.0 Å². The molecule has 0 aliphatic rings. The molecule has 0 radical (unpaired) electrons. The number of nitrogens with zero attached hydrogens (tertiary/aromatic N) is 4. The minimum Gasteiger partial charge on any atom is -0.440 e. The number of halogens is 5. The zero-order valence-corrected chi connectivity index (χ0v) is 23.7. The molecular formula is C28H21ClF4N4O4S. The van der Waals surface area contributed by atoms with Gasteiger partial charge in [-0.2, -0.15) is 13.2 Å². The van der Waals surface area contributed by atoms with Crippen LogP contribution in [0.4, 0.5) is 17.6 Å². The van der Waals surface area contributed by atoms with Crippen molar-refractivity contribution in [2.24, 2.45) is 0 Å². The lowest BCUT2D eigenvalue weighted by molar-refractivity contribution is -0.141. The molecule has 1 N–H and O–H groups in total. The molecular weight excluding hydrogens is 600 g/mol. The number of aliphatic hydroxyl groups is 1. The van der Waals surface area contributed by atoms with E-state index in [1.165, 1.54) is 48.1 Å². The van der Waals surface area contributed by atoms with Crippen LogP contribution < -0.4 is 0 Å². The number of aryl methyl sites for hydroxylation is 2. The van der Waals surface area contributed by atoms with Gasteiger partial charge in [0.2, 0.25) is 0 Å². The van der Waals surface area contributed by atoms with Gasteiger partial charge >= 0.3 is 6.18 Å². The number of aliphatic hydroxyl groups excluding tert-OH is 1. The SMILES string of the molecule is Cc1nc(-c2cc(-c3cc(F)c(CO)c(S(C)(=O)=O)c3)ccc2-n2cc(C(F)(F)F)nc2C)c(-c2cncc(Cl)c2)o1. The predicted molar refractivity (Wildman–Crippen MR) is 146 cm³/mol. The van der Waals surface area contributed by atoms with E-state index in [1.807, 2.05) is 0 Å². The molecule has 5 aromatic rings. The fourth-order valence-electron chi connectivity index (χ4n) is 4.57. The molecule has 5 rings (SSSR count). The van der Waals surface area contributed by atoms with Crippen molar-refractivity contribution >= 4 is 21.4 Å². The number of pyridine rings is 1. The number of hydrogen-bond acceptors (Lipinski definition) is 7. The highest BCUT2D eigenvalue weighted by molar-refractivity contribution is 7.90.